The largest absolute Gasteiger partial charge is 0.398 e. The third-order valence-electron chi connectivity index (χ3n) is 4.67. The zero-order valence-electron chi connectivity index (χ0n) is 12.9. The zero-order valence-corrected chi connectivity index (χ0v) is 12.9. The van der Waals surface area contributed by atoms with Gasteiger partial charge in [-0.3, -0.25) is 4.79 Å². The predicted octanol–water partition coefficient (Wildman–Crippen LogP) is 3.44. The highest BCUT2D eigenvalue weighted by Crippen LogP contribution is 2.43. The van der Waals surface area contributed by atoms with E-state index < -0.39 is 0 Å². The monoisotopic (exact) mass is 274 g/mol. The fraction of sp³-hybridized carbons (Fsp3) is 0.588. The molecule has 0 spiro atoms. The van der Waals surface area contributed by atoms with Crippen LogP contribution in [0, 0.1) is 11.3 Å². The summed E-state index contributed by atoms with van der Waals surface area (Å²) in [6.07, 6.45) is 3.33. The van der Waals surface area contributed by atoms with Crippen molar-refractivity contribution in [3.05, 3.63) is 29.8 Å². The third-order valence-corrected chi connectivity index (χ3v) is 4.67. The molecule has 2 N–H and O–H groups in total. The van der Waals surface area contributed by atoms with E-state index in [1.54, 1.807) is 0 Å². The van der Waals surface area contributed by atoms with Crippen LogP contribution in [0.15, 0.2) is 24.3 Å². The van der Waals surface area contributed by atoms with E-state index in [0.717, 1.165) is 37.1 Å². The fourth-order valence-corrected chi connectivity index (χ4v) is 3.23. The molecule has 1 unspecified atom stereocenters. The van der Waals surface area contributed by atoms with Crippen molar-refractivity contribution in [2.45, 2.75) is 46.6 Å². The molecule has 110 valence electrons. The number of hydrogen-bond acceptors (Lipinski definition) is 2. The van der Waals surface area contributed by atoms with Crippen LogP contribution in [0.25, 0.3) is 0 Å². The molecule has 3 heteroatoms. The number of benzene rings is 1. The summed E-state index contributed by atoms with van der Waals surface area (Å²) in [6.45, 7) is 7.83. The smallest absolute Gasteiger partial charge is 0.226 e. The number of carbonyl (C=O) groups excluding carboxylic acids is 1. The van der Waals surface area contributed by atoms with Crippen LogP contribution in [-0.2, 0) is 11.3 Å². The van der Waals surface area contributed by atoms with Crippen molar-refractivity contribution in [1.29, 1.82) is 0 Å². The second-order valence-electron chi connectivity index (χ2n) is 6.48. The maximum Gasteiger partial charge on any atom is 0.226 e. The summed E-state index contributed by atoms with van der Waals surface area (Å²) in [4.78, 5) is 14.7. The maximum absolute atomic E-state index is 12.8. The first-order valence-electron chi connectivity index (χ1n) is 7.58. The molecule has 20 heavy (non-hydrogen) atoms. The Labute approximate surface area is 122 Å². The van der Waals surface area contributed by atoms with Gasteiger partial charge in [0.05, 0.1) is 0 Å². The van der Waals surface area contributed by atoms with Crippen LogP contribution < -0.4 is 5.73 Å². The number of para-hydroxylation sites is 1. The van der Waals surface area contributed by atoms with Crippen LogP contribution in [0.5, 0.6) is 0 Å². The summed E-state index contributed by atoms with van der Waals surface area (Å²) in [5.41, 5.74) is 7.93. The lowest BCUT2D eigenvalue weighted by Gasteiger charge is -2.31. The molecule has 1 amide bonds. The standard InChI is InChI=1S/C17H26N2O/c1-4-19(12-13-8-5-6-10-15(13)18)16(20)14-9-7-11-17(14,2)3/h5-6,8,10,14H,4,7,9,11-12,18H2,1-3H3. The molecule has 1 fully saturated rings. The molecular formula is C17H26N2O. The van der Waals surface area contributed by atoms with Crippen LogP contribution in [0.3, 0.4) is 0 Å². The van der Waals surface area contributed by atoms with Gasteiger partial charge in [-0.05, 0) is 36.8 Å². The van der Waals surface area contributed by atoms with E-state index in [1.165, 1.54) is 0 Å². The molecular weight excluding hydrogens is 248 g/mol. The number of amides is 1. The molecule has 2 rings (SSSR count). The predicted molar refractivity (Wildman–Crippen MR) is 83.1 cm³/mol. The number of nitrogens with zero attached hydrogens (tertiary/aromatic N) is 1. The van der Waals surface area contributed by atoms with Gasteiger partial charge in [0, 0.05) is 24.7 Å². The molecule has 0 aromatic heterocycles. The zero-order chi connectivity index (χ0) is 14.8. The lowest BCUT2D eigenvalue weighted by atomic mass is 9.81. The maximum atomic E-state index is 12.8. The summed E-state index contributed by atoms with van der Waals surface area (Å²) in [6, 6.07) is 7.80. The molecule has 1 aromatic carbocycles. The lowest BCUT2D eigenvalue weighted by Crippen LogP contribution is -2.39. The normalized spacial score (nSPS) is 20.9. The van der Waals surface area contributed by atoms with Gasteiger partial charge in [0.1, 0.15) is 0 Å². The summed E-state index contributed by atoms with van der Waals surface area (Å²) in [5.74, 6) is 0.450. The first-order valence-corrected chi connectivity index (χ1v) is 7.58. The van der Waals surface area contributed by atoms with Crippen LogP contribution in [0.1, 0.15) is 45.6 Å². The number of hydrogen-bond donors (Lipinski definition) is 1. The van der Waals surface area contributed by atoms with Gasteiger partial charge in [-0.1, -0.05) is 38.5 Å². The number of rotatable bonds is 4. The average molecular weight is 274 g/mol. The van der Waals surface area contributed by atoms with Crippen molar-refractivity contribution in [2.24, 2.45) is 11.3 Å². The summed E-state index contributed by atoms with van der Waals surface area (Å²) < 4.78 is 0. The summed E-state index contributed by atoms with van der Waals surface area (Å²) in [5, 5.41) is 0. The summed E-state index contributed by atoms with van der Waals surface area (Å²) >= 11 is 0. The topological polar surface area (TPSA) is 46.3 Å². The minimum absolute atomic E-state index is 0.132. The second kappa shape index (κ2) is 5.86. The Morgan fingerprint density at radius 1 is 1.40 bits per heavy atom. The number of nitrogens with two attached hydrogens (primary N) is 1. The minimum atomic E-state index is 0.132. The Balaban J connectivity index is 2.12. The van der Waals surface area contributed by atoms with Crippen LogP contribution in [0.2, 0.25) is 0 Å². The Bertz CT molecular complexity index is 482. The lowest BCUT2D eigenvalue weighted by molar-refractivity contribution is -0.138. The first kappa shape index (κ1) is 14.9. The molecule has 3 nitrogen and oxygen atoms in total. The Hall–Kier alpha value is -1.51. The SMILES string of the molecule is CCN(Cc1ccccc1N)C(=O)C1CCCC1(C)C. The molecule has 0 bridgehead atoms. The molecule has 1 aliphatic rings. The van der Waals surface area contributed by atoms with Gasteiger partial charge in [-0.25, -0.2) is 0 Å². The molecule has 0 radical (unpaired) electrons. The quantitative estimate of drug-likeness (QED) is 0.855. The number of carbonyl (C=O) groups is 1. The minimum Gasteiger partial charge on any atom is -0.398 e. The van der Waals surface area contributed by atoms with E-state index >= 15 is 0 Å². The fourth-order valence-electron chi connectivity index (χ4n) is 3.23. The van der Waals surface area contributed by atoms with Crippen molar-refractivity contribution in [1.82, 2.24) is 4.90 Å². The van der Waals surface area contributed by atoms with Crippen molar-refractivity contribution < 1.29 is 4.79 Å². The van der Waals surface area contributed by atoms with Gasteiger partial charge in [0.25, 0.3) is 0 Å². The Morgan fingerprint density at radius 2 is 2.10 bits per heavy atom. The van der Waals surface area contributed by atoms with Crippen LogP contribution >= 0.6 is 0 Å². The summed E-state index contributed by atoms with van der Waals surface area (Å²) in [7, 11) is 0. The van der Waals surface area contributed by atoms with Crippen molar-refractivity contribution >= 4 is 11.6 Å². The van der Waals surface area contributed by atoms with Gasteiger partial charge in [0.2, 0.25) is 5.91 Å². The molecule has 1 saturated carbocycles. The third kappa shape index (κ3) is 2.97. The molecule has 1 aromatic rings. The van der Waals surface area contributed by atoms with Crippen LogP contribution in [0.4, 0.5) is 5.69 Å². The van der Waals surface area contributed by atoms with Gasteiger partial charge in [-0.15, -0.1) is 0 Å². The van der Waals surface area contributed by atoms with Gasteiger partial charge in [0.15, 0.2) is 0 Å². The molecule has 1 aliphatic carbocycles. The van der Waals surface area contributed by atoms with E-state index in [-0.39, 0.29) is 11.3 Å². The molecule has 0 aliphatic heterocycles. The van der Waals surface area contributed by atoms with Gasteiger partial charge >= 0.3 is 0 Å². The van der Waals surface area contributed by atoms with E-state index in [4.69, 9.17) is 5.73 Å². The van der Waals surface area contributed by atoms with E-state index in [2.05, 4.69) is 13.8 Å². The molecule has 1 atom stereocenters. The Kier molecular flexibility index (Phi) is 4.36. The Morgan fingerprint density at radius 3 is 2.65 bits per heavy atom. The molecule has 0 saturated heterocycles. The highest BCUT2D eigenvalue weighted by Gasteiger charge is 2.40. The van der Waals surface area contributed by atoms with E-state index in [1.807, 2.05) is 36.1 Å². The van der Waals surface area contributed by atoms with Crippen LogP contribution in [-0.4, -0.2) is 17.4 Å². The van der Waals surface area contributed by atoms with E-state index in [0.29, 0.717) is 12.5 Å². The van der Waals surface area contributed by atoms with Gasteiger partial charge in [-0.2, -0.15) is 0 Å². The van der Waals surface area contributed by atoms with Crippen molar-refractivity contribution in [3.63, 3.8) is 0 Å². The van der Waals surface area contributed by atoms with Crippen molar-refractivity contribution in [3.8, 4) is 0 Å². The number of nitrogen functional groups attached to an aromatic ring is 1. The van der Waals surface area contributed by atoms with Gasteiger partial charge < -0.3 is 10.6 Å². The number of anilines is 1. The highest BCUT2D eigenvalue weighted by atomic mass is 16.2. The second-order valence-corrected chi connectivity index (χ2v) is 6.48. The average Bonchev–Trinajstić information content (AvgIpc) is 2.76. The highest BCUT2D eigenvalue weighted by molar-refractivity contribution is 5.80. The van der Waals surface area contributed by atoms with E-state index in [9.17, 15) is 4.79 Å². The van der Waals surface area contributed by atoms with Crippen molar-refractivity contribution in [2.75, 3.05) is 12.3 Å². The molecule has 0 heterocycles. The first-order chi connectivity index (χ1) is 9.45.